The van der Waals surface area contributed by atoms with Crippen LogP contribution in [0.3, 0.4) is 0 Å². The average molecular weight is 358 g/mol. The Hall–Kier alpha value is -2.54. The molecule has 1 aromatic carbocycles. The molecule has 0 fully saturated rings. The molecule has 1 unspecified atom stereocenters. The number of rotatable bonds is 7. The van der Waals surface area contributed by atoms with E-state index in [0.29, 0.717) is 11.0 Å². The van der Waals surface area contributed by atoms with Crippen LogP contribution in [0.5, 0.6) is 0 Å². The summed E-state index contributed by atoms with van der Waals surface area (Å²) >= 11 is 1.35. The van der Waals surface area contributed by atoms with Gasteiger partial charge in [0.25, 0.3) is 0 Å². The minimum absolute atomic E-state index is 0.325. The molecule has 132 valence electrons. The third-order valence-electron chi connectivity index (χ3n) is 3.26. The fourth-order valence-electron chi connectivity index (χ4n) is 2.01. The lowest BCUT2D eigenvalue weighted by Crippen LogP contribution is -2.40. The van der Waals surface area contributed by atoms with Gasteiger partial charge in [-0.05, 0) is 24.5 Å². The predicted octanol–water partition coefficient (Wildman–Crippen LogP) is 2.89. The normalized spacial score (nSPS) is 12.3. The SMILES string of the molecule is CC(C)Cc1nnc(NC(=O)C(C)NC(=O)/C=C/c2ccccc2)s1. The summed E-state index contributed by atoms with van der Waals surface area (Å²) in [5.41, 5.74) is 0.918. The fraction of sp³-hybridized carbons (Fsp3) is 0.333. The van der Waals surface area contributed by atoms with Crippen molar-refractivity contribution in [3.05, 3.63) is 47.0 Å². The van der Waals surface area contributed by atoms with Crippen molar-refractivity contribution in [1.29, 1.82) is 0 Å². The van der Waals surface area contributed by atoms with Crippen LogP contribution in [0.1, 0.15) is 31.3 Å². The maximum absolute atomic E-state index is 12.1. The van der Waals surface area contributed by atoms with E-state index in [0.717, 1.165) is 17.0 Å². The smallest absolute Gasteiger partial charge is 0.248 e. The highest BCUT2D eigenvalue weighted by Gasteiger charge is 2.16. The second kappa shape index (κ2) is 9.08. The Bertz CT molecular complexity index is 741. The number of anilines is 1. The predicted molar refractivity (Wildman–Crippen MR) is 100 cm³/mol. The molecule has 2 aromatic rings. The van der Waals surface area contributed by atoms with Gasteiger partial charge in [-0.1, -0.05) is 55.5 Å². The molecule has 1 heterocycles. The number of hydrogen-bond acceptors (Lipinski definition) is 5. The number of aromatic nitrogens is 2. The Kier molecular flexibility index (Phi) is 6.82. The summed E-state index contributed by atoms with van der Waals surface area (Å²) in [4.78, 5) is 24.0. The molecular weight excluding hydrogens is 336 g/mol. The number of hydrogen-bond donors (Lipinski definition) is 2. The molecule has 2 amide bonds. The van der Waals surface area contributed by atoms with E-state index in [-0.39, 0.29) is 11.8 Å². The van der Waals surface area contributed by atoms with Gasteiger partial charge in [-0.15, -0.1) is 10.2 Å². The van der Waals surface area contributed by atoms with Crippen molar-refractivity contribution in [2.75, 3.05) is 5.32 Å². The van der Waals surface area contributed by atoms with E-state index < -0.39 is 6.04 Å². The summed E-state index contributed by atoms with van der Waals surface area (Å²) in [7, 11) is 0. The van der Waals surface area contributed by atoms with Gasteiger partial charge < -0.3 is 5.32 Å². The topological polar surface area (TPSA) is 84.0 Å². The number of benzene rings is 1. The number of carbonyl (C=O) groups excluding carboxylic acids is 2. The zero-order chi connectivity index (χ0) is 18.2. The van der Waals surface area contributed by atoms with E-state index in [4.69, 9.17) is 0 Å². The van der Waals surface area contributed by atoms with Crippen molar-refractivity contribution in [3.8, 4) is 0 Å². The van der Waals surface area contributed by atoms with Crippen molar-refractivity contribution >= 4 is 34.4 Å². The lowest BCUT2D eigenvalue weighted by atomic mass is 10.1. The summed E-state index contributed by atoms with van der Waals surface area (Å²) in [6.07, 6.45) is 3.93. The van der Waals surface area contributed by atoms with Crippen LogP contribution in [0.15, 0.2) is 36.4 Å². The molecule has 0 radical (unpaired) electrons. The number of nitrogens with one attached hydrogen (secondary N) is 2. The van der Waals surface area contributed by atoms with Gasteiger partial charge in [0.2, 0.25) is 16.9 Å². The summed E-state index contributed by atoms with van der Waals surface area (Å²) in [5, 5.41) is 14.6. The maximum atomic E-state index is 12.1. The van der Waals surface area contributed by atoms with Gasteiger partial charge >= 0.3 is 0 Å². The van der Waals surface area contributed by atoms with E-state index in [1.54, 1.807) is 13.0 Å². The van der Waals surface area contributed by atoms with Crippen molar-refractivity contribution in [3.63, 3.8) is 0 Å². The molecule has 0 aliphatic carbocycles. The second-order valence-electron chi connectivity index (χ2n) is 6.06. The van der Waals surface area contributed by atoms with Crippen molar-refractivity contribution in [2.45, 2.75) is 33.2 Å². The highest BCUT2D eigenvalue weighted by molar-refractivity contribution is 7.15. The summed E-state index contributed by atoms with van der Waals surface area (Å²) < 4.78 is 0. The zero-order valence-electron chi connectivity index (χ0n) is 14.5. The summed E-state index contributed by atoms with van der Waals surface area (Å²) in [6.45, 7) is 5.82. The molecule has 1 atom stereocenters. The Balaban J connectivity index is 1.84. The Morgan fingerprint density at radius 1 is 1.16 bits per heavy atom. The van der Waals surface area contributed by atoms with Gasteiger partial charge in [-0.3, -0.25) is 14.9 Å². The van der Waals surface area contributed by atoms with Crippen LogP contribution in [0.4, 0.5) is 5.13 Å². The van der Waals surface area contributed by atoms with Crippen LogP contribution in [0.25, 0.3) is 6.08 Å². The van der Waals surface area contributed by atoms with Crippen LogP contribution < -0.4 is 10.6 Å². The molecule has 1 aromatic heterocycles. The first-order valence-corrected chi connectivity index (χ1v) is 8.92. The summed E-state index contributed by atoms with van der Waals surface area (Å²) in [6, 6.07) is 8.80. The Morgan fingerprint density at radius 3 is 2.56 bits per heavy atom. The van der Waals surface area contributed by atoms with Crippen LogP contribution >= 0.6 is 11.3 Å². The first-order chi connectivity index (χ1) is 11.9. The van der Waals surface area contributed by atoms with Crippen molar-refractivity contribution in [2.24, 2.45) is 5.92 Å². The molecular formula is C18H22N4O2S. The van der Waals surface area contributed by atoms with Gasteiger partial charge in [-0.2, -0.15) is 0 Å². The van der Waals surface area contributed by atoms with E-state index in [2.05, 4.69) is 34.7 Å². The molecule has 2 N–H and O–H groups in total. The molecule has 0 saturated heterocycles. The van der Waals surface area contributed by atoms with Gasteiger partial charge in [0.05, 0.1) is 0 Å². The monoisotopic (exact) mass is 358 g/mol. The van der Waals surface area contributed by atoms with E-state index in [9.17, 15) is 9.59 Å². The van der Waals surface area contributed by atoms with Crippen LogP contribution in [0, 0.1) is 5.92 Å². The molecule has 0 aliphatic rings. The lowest BCUT2D eigenvalue weighted by molar-refractivity contribution is -0.123. The zero-order valence-corrected chi connectivity index (χ0v) is 15.3. The van der Waals surface area contributed by atoms with Crippen LogP contribution in [-0.4, -0.2) is 28.1 Å². The Morgan fingerprint density at radius 2 is 1.88 bits per heavy atom. The van der Waals surface area contributed by atoms with Gasteiger partial charge in [0.15, 0.2) is 0 Å². The van der Waals surface area contributed by atoms with Crippen molar-refractivity contribution in [1.82, 2.24) is 15.5 Å². The van der Waals surface area contributed by atoms with E-state index >= 15 is 0 Å². The maximum Gasteiger partial charge on any atom is 0.248 e. The molecule has 2 rings (SSSR count). The van der Waals surface area contributed by atoms with E-state index in [1.807, 2.05) is 30.3 Å². The van der Waals surface area contributed by atoms with E-state index in [1.165, 1.54) is 17.4 Å². The van der Waals surface area contributed by atoms with Crippen LogP contribution in [-0.2, 0) is 16.0 Å². The third kappa shape index (κ3) is 6.46. The lowest BCUT2D eigenvalue weighted by Gasteiger charge is -2.11. The quantitative estimate of drug-likeness (QED) is 0.746. The largest absolute Gasteiger partial charge is 0.341 e. The second-order valence-corrected chi connectivity index (χ2v) is 7.12. The Labute approximate surface area is 151 Å². The fourth-order valence-corrected chi connectivity index (χ4v) is 2.97. The number of nitrogens with zero attached hydrogens (tertiary/aromatic N) is 2. The standard InChI is InChI=1S/C18H22N4O2S/c1-12(2)11-16-21-22-18(25-16)20-17(24)13(3)19-15(23)10-9-14-7-5-4-6-8-14/h4-10,12-13H,11H2,1-3H3,(H,19,23)(H,20,22,24)/b10-9+. The average Bonchev–Trinajstić information content (AvgIpc) is 3.00. The number of amides is 2. The van der Waals surface area contributed by atoms with Crippen molar-refractivity contribution < 1.29 is 9.59 Å². The minimum Gasteiger partial charge on any atom is -0.341 e. The van der Waals surface area contributed by atoms with Gasteiger partial charge in [0.1, 0.15) is 11.0 Å². The summed E-state index contributed by atoms with van der Waals surface area (Å²) in [5.74, 6) is -0.177. The minimum atomic E-state index is -0.676. The molecule has 0 spiro atoms. The first kappa shape index (κ1) is 18.8. The van der Waals surface area contributed by atoms with Gasteiger partial charge in [-0.25, -0.2) is 0 Å². The molecule has 0 saturated carbocycles. The molecule has 0 bridgehead atoms. The number of carbonyl (C=O) groups is 2. The molecule has 6 nitrogen and oxygen atoms in total. The van der Waals surface area contributed by atoms with Crippen LogP contribution in [0.2, 0.25) is 0 Å². The highest BCUT2D eigenvalue weighted by atomic mass is 32.1. The molecule has 25 heavy (non-hydrogen) atoms. The molecule has 7 heteroatoms. The van der Waals surface area contributed by atoms with Gasteiger partial charge in [0, 0.05) is 12.5 Å². The third-order valence-corrected chi connectivity index (χ3v) is 4.12. The highest BCUT2D eigenvalue weighted by Crippen LogP contribution is 2.18. The first-order valence-electron chi connectivity index (χ1n) is 8.11. The molecule has 0 aliphatic heterocycles.